The summed E-state index contributed by atoms with van der Waals surface area (Å²) in [6.45, 7) is 0. The highest BCUT2D eigenvalue weighted by atomic mass is 14.9. The van der Waals surface area contributed by atoms with Crippen LogP contribution in [0.25, 0.3) is 83.6 Å². The van der Waals surface area contributed by atoms with E-state index < -0.39 is 0 Å². The van der Waals surface area contributed by atoms with Crippen LogP contribution in [-0.4, -0.2) is 9.97 Å². The van der Waals surface area contributed by atoms with E-state index in [-0.39, 0.29) is 6.04 Å². The van der Waals surface area contributed by atoms with Crippen molar-refractivity contribution in [3.8, 4) is 55.9 Å². The summed E-state index contributed by atoms with van der Waals surface area (Å²) >= 11 is 0. The average Bonchev–Trinajstić information content (AvgIpc) is 3.50. The summed E-state index contributed by atoms with van der Waals surface area (Å²) in [5, 5.41) is 7.57. The summed E-state index contributed by atoms with van der Waals surface area (Å²) in [5.74, 6) is 0. The van der Waals surface area contributed by atoms with Gasteiger partial charge in [-0.3, -0.25) is 4.98 Å². The topological polar surface area (TPSA) is 37.8 Å². The molecule has 0 fully saturated rings. The summed E-state index contributed by atoms with van der Waals surface area (Å²) in [6, 6.07) is 52.3. The average molecular weight is 612 g/mol. The molecule has 0 radical (unpaired) electrons. The summed E-state index contributed by atoms with van der Waals surface area (Å²) in [4.78, 5) is 9.74. The number of rotatable bonds is 4. The van der Waals surface area contributed by atoms with E-state index in [9.17, 15) is 0 Å². The molecule has 0 saturated heterocycles. The standard InChI is InChI=1S/C45H29N3/c1-2-7-36-35(6-1)38-9-5-8-37-34(23-24-39(36)43(37)38)28-11-13-30(14-12-28)41-25-21-32-19-20-33-22-26-42(48-45(33)44(32)47-41)31-17-15-29(16-18-31)40-10-3-4-27-46-40/h1-27,42,48H. The number of nitrogens with zero attached hydrogens (tertiary/aromatic N) is 2. The molecule has 3 nitrogen and oxygen atoms in total. The lowest BCUT2D eigenvalue weighted by Gasteiger charge is -2.24. The first kappa shape index (κ1) is 26.9. The Kier molecular flexibility index (Phi) is 5.94. The molecule has 48 heavy (non-hydrogen) atoms. The van der Waals surface area contributed by atoms with E-state index >= 15 is 0 Å². The van der Waals surface area contributed by atoms with Crippen LogP contribution in [0.3, 0.4) is 0 Å². The fourth-order valence-electron chi connectivity index (χ4n) is 7.53. The Morgan fingerprint density at radius 2 is 1.19 bits per heavy atom. The molecule has 0 saturated carbocycles. The van der Waals surface area contributed by atoms with Gasteiger partial charge in [0.05, 0.1) is 28.6 Å². The van der Waals surface area contributed by atoms with Crippen molar-refractivity contribution < 1.29 is 0 Å². The van der Waals surface area contributed by atoms with Crippen molar-refractivity contribution in [2.24, 2.45) is 0 Å². The molecule has 1 unspecified atom stereocenters. The summed E-state index contributed by atoms with van der Waals surface area (Å²) in [5.41, 5.74) is 16.3. The SMILES string of the molecule is C1=CC(c2ccc(-c3ccccn3)cc2)Nc2c1ccc1ccc(-c3ccc(-c4ccc5c6c(cccc46)-c4ccccc4-5)cc3)nc21. The third kappa shape index (κ3) is 4.21. The Balaban J connectivity index is 0.975. The van der Waals surface area contributed by atoms with Gasteiger partial charge in [0.25, 0.3) is 0 Å². The molecule has 3 heteroatoms. The molecule has 1 aliphatic carbocycles. The van der Waals surface area contributed by atoms with Crippen molar-refractivity contribution in [1.29, 1.82) is 0 Å². The molecule has 0 amide bonds. The zero-order valence-corrected chi connectivity index (χ0v) is 26.1. The van der Waals surface area contributed by atoms with Crippen molar-refractivity contribution in [1.82, 2.24) is 9.97 Å². The molecule has 0 spiro atoms. The Bertz CT molecular complexity index is 2540. The maximum atomic E-state index is 5.24. The van der Waals surface area contributed by atoms with E-state index in [0.717, 1.165) is 44.7 Å². The molecule has 6 aromatic carbocycles. The van der Waals surface area contributed by atoms with Gasteiger partial charge in [-0.2, -0.15) is 0 Å². The number of aromatic nitrogens is 2. The largest absolute Gasteiger partial charge is 0.372 e. The summed E-state index contributed by atoms with van der Waals surface area (Å²) in [6.07, 6.45) is 6.27. The molecule has 8 aromatic rings. The lowest BCUT2D eigenvalue weighted by atomic mass is 9.93. The Labute approximate surface area is 278 Å². The van der Waals surface area contributed by atoms with Gasteiger partial charge in [0.15, 0.2) is 0 Å². The molecule has 1 aliphatic heterocycles. The monoisotopic (exact) mass is 611 g/mol. The first-order valence-electron chi connectivity index (χ1n) is 16.4. The van der Waals surface area contributed by atoms with Crippen LogP contribution < -0.4 is 5.32 Å². The second kappa shape index (κ2) is 10.6. The van der Waals surface area contributed by atoms with Crippen LogP contribution in [0.5, 0.6) is 0 Å². The number of pyridine rings is 2. The second-order valence-corrected chi connectivity index (χ2v) is 12.6. The van der Waals surface area contributed by atoms with Gasteiger partial charge in [-0.25, -0.2) is 4.98 Å². The highest BCUT2D eigenvalue weighted by Gasteiger charge is 2.22. The van der Waals surface area contributed by atoms with Gasteiger partial charge in [0.1, 0.15) is 0 Å². The third-order valence-electron chi connectivity index (χ3n) is 9.93. The third-order valence-corrected chi connectivity index (χ3v) is 9.93. The van der Waals surface area contributed by atoms with Gasteiger partial charge in [-0.1, -0.05) is 140 Å². The van der Waals surface area contributed by atoms with E-state index in [2.05, 4.69) is 150 Å². The molecule has 224 valence electrons. The predicted octanol–water partition coefficient (Wildman–Crippen LogP) is 11.6. The minimum atomic E-state index is 0.0520. The van der Waals surface area contributed by atoms with Crippen LogP contribution in [0.1, 0.15) is 17.2 Å². The van der Waals surface area contributed by atoms with Crippen molar-refractivity contribution in [2.45, 2.75) is 6.04 Å². The zero-order valence-electron chi connectivity index (χ0n) is 26.1. The summed E-state index contributed by atoms with van der Waals surface area (Å²) in [7, 11) is 0. The van der Waals surface area contributed by atoms with Crippen molar-refractivity contribution in [2.75, 3.05) is 5.32 Å². The predicted molar refractivity (Wildman–Crippen MR) is 200 cm³/mol. The first-order chi connectivity index (χ1) is 23.8. The van der Waals surface area contributed by atoms with Crippen LogP contribution in [-0.2, 0) is 0 Å². The fourth-order valence-corrected chi connectivity index (χ4v) is 7.53. The van der Waals surface area contributed by atoms with Gasteiger partial charge >= 0.3 is 0 Å². The number of hydrogen-bond donors (Lipinski definition) is 1. The second-order valence-electron chi connectivity index (χ2n) is 12.6. The van der Waals surface area contributed by atoms with Crippen LogP contribution in [0.4, 0.5) is 5.69 Å². The fraction of sp³-hybridized carbons (Fsp3) is 0.0222. The molecular weight excluding hydrogens is 583 g/mol. The van der Waals surface area contributed by atoms with Gasteiger partial charge in [-0.15, -0.1) is 0 Å². The number of hydrogen-bond acceptors (Lipinski definition) is 3. The lowest BCUT2D eigenvalue weighted by Crippen LogP contribution is -2.13. The van der Waals surface area contributed by atoms with Gasteiger partial charge in [0.2, 0.25) is 0 Å². The highest BCUT2D eigenvalue weighted by Crippen LogP contribution is 2.49. The molecule has 10 rings (SSSR count). The molecular formula is C45H29N3. The molecule has 0 bridgehead atoms. The van der Waals surface area contributed by atoms with Crippen LogP contribution in [0, 0.1) is 0 Å². The normalized spacial score (nSPS) is 14.1. The molecule has 2 aromatic heterocycles. The van der Waals surface area contributed by atoms with E-state index in [1.165, 1.54) is 49.7 Å². The minimum Gasteiger partial charge on any atom is -0.372 e. The van der Waals surface area contributed by atoms with E-state index in [1.54, 1.807) is 0 Å². The van der Waals surface area contributed by atoms with Crippen LogP contribution in [0.2, 0.25) is 0 Å². The number of nitrogens with one attached hydrogen (secondary N) is 1. The smallest absolute Gasteiger partial charge is 0.0947 e. The summed E-state index contributed by atoms with van der Waals surface area (Å²) < 4.78 is 0. The molecule has 2 aliphatic rings. The molecule has 3 heterocycles. The van der Waals surface area contributed by atoms with E-state index in [4.69, 9.17) is 4.98 Å². The van der Waals surface area contributed by atoms with Gasteiger partial charge in [0, 0.05) is 22.7 Å². The maximum Gasteiger partial charge on any atom is 0.0947 e. The quantitative estimate of drug-likeness (QED) is 0.215. The van der Waals surface area contributed by atoms with E-state index in [0.29, 0.717) is 0 Å². The minimum absolute atomic E-state index is 0.0520. The zero-order chi connectivity index (χ0) is 31.6. The molecule has 1 N–H and O–H groups in total. The Morgan fingerprint density at radius 3 is 2.00 bits per heavy atom. The maximum absolute atomic E-state index is 5.24. The van der Waals surface area contributed by atoms with Crippen LogP contribution in [0.15, 0.2) is 158 Å². The van der Waals surface area contributed by atoms with E-state index in [1.807, 2.05) is 24.4 Å². The van der Waals surface area contributed by atoms with Crippen molar-refractivity contribution in [3.05, 3.63) is 169 Å². The van der Waals surface area contributed by atoms with Crippen molar-refractivity contribution in [3.63, 3.8) is 0 Å². The molecule has 1 atom stereocenters. The Morgan fingerprint density at radius 1 is 0.500 bits per heavy atom. The van der Waals surface area contributed by atoms with Crippen molar-refractivity contribution >= 4 is 33.4 Å². The van der Waals surface area contributed by atoms with Crippen LogP contribution >= 0.6 is 0 Å². The Hall–Kier alpha value is -6.32. The number of fused-ring (bicyclic) bond motifs is 6. The van der Waals surface area contributed by atoms with Gasteiger partial charge < -0.3 is 5.32 Å². The lowest BCUT2D eigenvalue weighted by molar-refractivity contribution is 0.981. The number of benzene rings is 6. The first-order valence-corrected chi connectivity index (χ1v) is 16.4. The van der Waals surface area contributed by atoms with Gasteiger partial charge in [-0.05, 0) is 73.5 Å². The highest BCUT2D eigenvalue weighted by molar-refractivity contribution is 6.18. The number of anilines is 1.